The molecule has 0 unspecified atom stereocenters. The number of carbonyl (C=O) groups is 1. The van der Waals surface area contributed by atoms with Crippen molar-refractivity contribution in [2.75, 3.05) is 0 Å². The summed E-state index contributed by atoms with van der Waals surface area (Å²) >= 11 is 0. The third-order valence-corrected chi connectivity index (χ3v) is 2.82. The molecule has 0 saturated heterocycles. The SMILES string of the molecule is CC(C)=CCc1cc(/C=C/C(=O)O)ccc1OS(=O)(=O)O. The zero-order valence-electron chi connectivity index (χ0n) is 11.6. The number of rotatable bonds is 6. The van der Waals surface area contributed by atoms with Gasteiger partial charge in [0, 0.05) is 11.6 Å². The molecular weight excluding hydrogens is 296 g/mol. The van der Waals surface area contributed by atoms with E-state index in [0.717, 1.165) is 11.6 Å². The van der Waals surface area contributed by atoms with E-state index in [1.165, 1.54) is 18.2 Å². The molecule has 1 aromatic carbocycles. The smallest absolute Gasteiger partial charge is 0.446 e. The van der Waals surface area contributed by atoms with Gasteiger partial charge in [0.1, 0.15) is 5.75 Å². The Kier molecular flexibility index (Phi) is 5.69. The Morgan fingerprint density at radius 1 is 1.33 bits per heavy atom. The molecule has 0 bridgehead atoms. The van der Waals surface area contributed by atoms with E-state index in [9.17, 15) is 13.2 Å². The molecule has 0 aromatic heterocycles. The van der Waals surface area contributed by atoms with Gasteiger partial charge in [-0.25, -0.2) is 4.79 Å². The first-order valence-electron chi connectivity index (χ1n) is 6.01. The maximum atomic E-state index is 10.8. The molecule has 0 atom stereocenters. The molecule has 0 aliphatic heterocycles. The van der Waals surface area contributed by atoms with Crippen LogP contribution in [0.4, 0.5) is 0 Å². The number of allylic oxidation sites excluding steroid dienone is 2. The van der Waals surface area contributed by atoms with Gasteiger partial charge >= 0.3 is 16.4 Å². The summed E-state index contributed by atoms with van der Waals surface area (Å²) in [6, 6.07) is 4.45. The molecule has 2 N–H and O–H groups in total. The van der Waals surface area contributed by atoms with Gasteiger partial charge in [0.2, 0.25) is 0 Å². The summed E-state index contributed by atoms with van der Waals surface area (Å²) in [7, 11) is -4.61. The minimum absolute atomic E-state index is 0.00229. The van der Waals surface area contributed by atoms with E-state index >= 15 is 0 Å². The number of carboxylic acids is 1. The largest absolute Gasteiger partial charge is 0.478 e. The summed E-state index contributed by atoms with van der Waals surface area (Å²) in [4.78, 5) is 10.5. The van der Waals surface area contributed by atoms with Crippen LogP contribution in [0.2, 0.25) is 0 Å². The summed E-state index contributed by atoms with van der Waals surface area (Å²) < 4.78 is 34.9. The van der Waals surface area contributed by atoms with Crippen LogP contribution in [0.1, 0.15) is 25.0 Å². The van der Waals surface area contributed by atoms with E-state index in [2.05, 4.69) is 4.18 Å². The van der Waals surface area contributed by atoms with Crippen LogP contribution >= 0.6 is 0 Å². The van der Waals surface area contributed by atoms with Gasteiger partial charge < -0.3 is 9.29 Å². The second kappa shape index (κ2) is 7.05. The first-order chi connectivity index (χ1) is 9.67. The zero-order chi connectivity index (χ0) is 16.0. The second-order valence-corrected chi connectivity index (χ2v) is 5.56. The quantitative estimate of drug-likeness (QED) is 0.475. The van der Waals surface area contributed by atoms with Gasteiger partial charge in [0.15, 0.2) is 0 Å². The van der Waals surface area contributed by atoms with Gasteiger partial charge in [-0.15, -0.1) is 0 Å². The maximum Gasteiger partial charge on any atom is 0.446 e. The van der Waals surface area contributed by atoms with E-state index in [1.807, 2.05) is 19.9 Å². The predicted octanol–water partition coefficient (Wildman–Crippen LogP) is 2.47. The average molecular weight is 312 g/mol. The van der Waals surface area contributed by atoms with Crippen LogP contribution in [0.5, 0.6) is 5.75 Å². The molecule has 7 heteroatoms. The molecule has 0 amide bonds. The van der Waals surface area contributed by atoms with Crippen molar-refractivity contribution < 1.29 is 27.1 Å². The van der Waals surface area contributed by atoms with Crippen molar-refractivity contribution >= 4 is 22.4 Å². The first kappa shape index (κ1) is 16.9. The van der Waals surface area contributed by atoms with Crippen molar-refractivity contribution in [3.63, 3.8) is 0 Å². The lowest BCUT2D eigenvalue weighted by atomic mass is 10.1. The highest BCUT2D eigenvalue weighted by Gasteiger charge is 2.11. The van der Waals surface area contributed by atoms with E-state index < -0.39 is 16.4 Å². The van der Waals surface area contributed by atoms with Gasteiger partial charge in [-0.05, 0) is 44.0 Å². The number of benzene rings is 1. The standard InChI is InChI=1S/C14H16O6S/c1-10(2)3-6-12-9-11(5-8-14(15)16)4-7-13(12)20-21(17,18)19/h3-5,7-9H,6H2,1-2H3,(H,15,16)(H,17,18,19)/b8-5+. The molecule has 0 radical (unpaired) electrons. The summed E-state index contributed by atoms with van der Waals surface area (Å²) in [6.07, 6.45) is 4.60. The molecule has 1 rings (SSSR count). The molecule has 0 fully saturated rings. The monoisotopic (exact) mass is 312 g/mol. The molecule has 0 spiro atoms. The normalized spacial score (nSPS) is 11.4. The minimum Gasteiger partial charge on any atom is -0.478 e. The lowest BCUT2D eigenvalue weighted by molar-refractivity contribution is -0.131. The number of carboxylic acid groups (broad SMARTS) is 1. The fourth-order valence-electron chi connectivity index (χ4n) is 1.54. The van der Waals surface area contributed by atoms with Crippen LogP contribution in [0.25, 0.3) is 6.08 Å². The zero-order valence-corrected chi connectivity index (χ0v) is 12.4. The molecule has 21 heavy (non-hydrogen) atoms. The van der Waals surface area contributed by atoms with Crippen molar-refractivity contribution in [2.45, 2.75) is 20.3 Å². The summed E-state index contributed by atoms with van der Waals surface area (Å²) in [6.45, 7) is 3.77. The van der Waals surface area contributed by atoms with Crippen LogP contribution in [-0.4, -0.2) is 24.0 Å². The van der Waals surface area contributed by atoms with Crippen LogP contribution in [-0.2, 0) is 21.6 Å². The van der Waals surface area contributed by atoms with Crippen LogP contribution in [0, 0.1) is 0 Å². The van der Waals surface area contributed by atoms with Crippen molar-refractivity contribution in [3.05, 3.63) is 47.1 Å². The Bertz CT molecular complexity index is 681. The highest BCUT2D eigenvalue weighted by Crippen LogP contribution is 2.23. The van der Waals surface area contributed by atoms with Gasteiger partial charge in [0.05, 0.1) is 0 Å². The van der Waals surface area contributed by atoms with Crippen LogP contribution < -0.4 is 4.18 Å². The minimum atomic E-state index is -4.61. The maximum absolute atomic E-state index is 10.8. The lowest BCUT2D eigenvalue weighted by Crippen LogP contribution is -2.08. The molecule has 0 saturated carbocycles. The molecule has 0 aliphatic rings. The number of hydrogen-bond donors (Lipinski definition) is 2. The van der Waals surface area contributed by atoms with E-state index in [0.29, 0.717) is 17.5 Å². The first-order valence-corrected chi connectivity index (χ1v) is 7.38. The lowest BCUT2D eigenvalue weighted by Gasteiger charge is -2.08. The molecule has 114 valence electrons. The molecule has 1 aromatic rings. The highest BCUT2D eigenvalue weighted by atomic mass is 32.3. The van der Waals surface area contributed by atoms with E-state index in [4.69, 9.17) is 9.66 Å². The van der Waals surface area contributed by atoms with Crippen LogP contribution in [0.3, 0.4) is 0 Å². The van der Waals surface area contributed by atoms with Gasteiger partial charge in [0.25, 0.3) is 0 Å². The average Bonchev–Trinajstić information content (AvgIpc) is 2.33. The Balaban J connectivity index is 3.19. The summed E-state index contributed by atoms with van der Waals surface area (Å²) in [5.74, 6) is -1.08. The second-order valence-electron chi connectivity index (χ2n) is 4.54. The van der Waals surface area contributed by atoms with Gasteiger partial charge in [-0.3, -0.25) is 4.55 Å². The Hall–Kier alpha value is -2.12. The van der Waals surface area contributed by atoms with E-state index in [1.54, 1.807) is 6.07 Å². The van der Waals surface area contributed by atoms with Crippen molar-refractivity contribution in [1.29, 1.82) is 0 Å². The van der Waals surface area contributed by atoms with Crippen molar-refractivity contribution in [1.82, 2.24) is 0 Å². The predicted molar refractivity (Wildman–Crippen MR) is 78.4 cm³/mol. The summed E-state index contributed by atoms with van der Waals surface area (Å²) in [5, 5.41) is 8.59. The van der Waals surface area contributed by atoms with Gasteiger partial charge in [-0.1, -0.05) is 17.7 Å². The molecular formula is C14H16O6S. The van der Waals surface area contributed by atoms with Crippen molar-refractivity contribution in [3.8, 4) is 5.75 Å². The fourth-order valence-corrected chi connectivity index (χ4v) is 1.93. The number of hydrogen-bond acceptors (Lipinski definition) is 4. The topological polar surface area (TPSA) is 101 Å². The third kappa shape index (κ3) is 6.73. The molecule has 6 nitrogen and oxygen atoms in total. The van der Waals surface area contributed by atoms with E-state index in [-0.39, 0.29) is 5.75 Å². The number of aliphatic carboxylic acids is 1. The molecule has 0 heterocycles. The Labute approximate surface area is 123 Å². The van der Waals surface area contributed by atoms with Crippen LogP contribution in [0.15, 0.2) is 35.9 Å². The Morgan fingerprint density at radius 2 is 2.00 bits per heavy atom. The summed E-state index contributed by atoms with van der Waals surface area (Å²) in [5.41, 5.74) is 2.12. The van der Waals surface area contributed by atoms with Crippen molar-refractivity contribution in [2.24, 2.45) is 0 Å². The molecule has 0 aliphatic carbocycles. The third-order valence-electron chi connectivity index (χ3n) is 2.43. The fraction of sp³-hybridized carbons (Fsp3) is 0.214. The Morgan fingerprint density at radius 3 is 2.52 bits per heavy atom. The van der Waals surface area contributed by atoms with Gasteiger partial charge in [-0.2, -0.15) is 8.42 Å². The highest BCUT2D eigenvalue weighted by molar-refractivity contribution is 7.81.